The predicted molar refractivity (Wildman–Crippen MR) is 249 cm³/mol. The number of fused-ring (bicyclic) bond motifs is 5. The Morgan fingerprint density at radius 1 is 0.951 bits per heavy atom. The first kappa shape index (κ1) is 42.5. The van der Waals surface area contributed by atoms with Crippen molar-refractivity contribution < 1.29 is 19.4 Å². The molecule has 2 atom stereocenters. The van der Waals surface area contributed by atoms with Crippen LogP contribution in [0.5, 0.6) is 5.75 Å². The summed E-state index contributed by atoms with van der Waals surface area (Å²) in [6.07, 6.45) is 6.01. The summed E-state index contributed by atoms with van der Waals surface area (Å²) in [5.74, 6) is 0.436. The molecule has 3 fully saturated rings. The molecular formula is C50H61N5O5Si. The maximum Gasteiger partial charge on any atom is 0.412 e. The van der Waals surface area contributed by atoms with Crippen molar-refractivity contribution in [3.8, 4) is 16.9 Å². The number of piperidine rings is 3. The lowest BCUT2D eigenvalue weighted by Crippen LogP contribution is -2.59. The molecule has 320 valence electrons. The predicted octanol–water partition coefficient (Wildman–Crippen LogP) is 10.3. The van der Waals surface area contributed by atoms with Crippen molar-refractivity contribution in [2.45, 2.75) is 96.2 Å². The monoisotopic (exact) mass is 839 g/mol. The third-order valence-electron chi connectivity index (χ3n) is 13.7. The first-order valence-electron chi connectivity index (χ1n) is 22.0. The summed E-state index contributed by atoms with van der Waals surface area (Å²) in [6, 6.07) is 32.3. The van der Waals surface area contributed by atoms with Crippen LogP contribution in [0.25, 0.3) is 32.9 Å². The van der Waals surface area contributed by atoms with Gasteiger partial charge in [0.25, 0.3) is 0 Å². The fraction of sp³-hybridized carbons (Fsp3) is 0.400. The third kappa shape index (κ3) is 9.21. The van der Waals surface area contributed by atoms with Gasteiger partial charge in [0, 0.05) is 54.9 Å². The molecule has 0 spiro atoms. The fourth-order valence-electron chi connectivity index (χ4n) is 9.24. The Bertz CT molecular complexity index is 2550. The molecule has 5 heterocycles. The van der Waals surface area contributed by atoms with Gasteiger partial charge in [0.05, 0.1) is 23.3 Å². The number of aromatic hydroxyl groups is 1. The van der Waals surface area contributed by atoms with Crippen LogP contribution in [-0.2, 0) is 23.9 Å². The summed E-state index contributed by atoms with van der Waals surface area (Å²) in [7, 11) is -2.20. The third-order valence-corrected chi connectivity index (χ3v) is 18.2. The Morgan fingerprint density at radius 3 is 2.44 bits per heavy atom. The van der Waals surface area contributed by atoms with Gasteiger partial charge in [0.1, 0.15) is 5.75 Å². The summed E-state index contributed by atoms with van der Waals surface area (Å²) in [4.78, 5) is 32.1. The zero-order valence-electron chi connectivity index (χ0n) is 36.3. The van der Waals surface area contributed by atoms with E-state index in [4.69, 9.17) is 4.43 Å². The number of amides is 1. The molecule has 6 aromatic rings. The van der Waals surface area contributed by atoms with E-state index >= 15 is 0 Å². The van der Waals surface area contributed by atoms with Crippen LogP contribution in [0.1, 0.15) is 69.2 Å². The number of anilines is 1. The van der Waals surface area contributed by atoms with Crippen molar-refractivity contribution >= 4 is 41.9 Å². The number of hydrogen-bond acceptors (Lipinski definition) is 6. The van der Waals surface area contributed by atoms with Crippen LogP contribution in [0.4, 0.5) is 10.5 Å². The summed E-state index contributed by atoms with van der Waals surface area (Å²) in [5, 5.41) is 26.9. The molecule has 0 unspecified atom stereocenters. The summed E-state index contributed by atoms with van der Waals surface area (Å²) >= 11 is 0. The lowest BCUT2D eigenvalue weighted by molar-refractivity contribution is 0.0837. The number of benzene rings is 4. The highest BCUT2D eigenvalue weighted by Gasteiger charge is 2.41. The Hall–Kier alpha value is -5.20. The maximum atomic E-state index is 13.0. The highest BCUT2D eigenvalue weighted by molar-refractivity contribution is 6.74. The number of carboxylic acid groups (broad SMARTS) is 1. The first-order chi connectivity index (χ1) is 29.3. The number of H-pyrrole nitrogens is 1. The van der Waals surface area contributed by atoms with Crippen molar-refractivity contribution in [2.75, 3.05) is 31.1 Å². The minimum atomic E-state index is -2.20. The molecule has 3 aliphatic heterocycles. The number of nitrogens with one attached hydrogen (secondary N) is 2. The van der Waals surface area contributed by atoms with Crippen molar-refractivity contribution in [3.05, 3.63) is 130 Å². The van der Waals surface area contributed by atoms with Gasteiger partial charge in [-0.1, -0.05) is 75.4 Å². The van der Waals surface area contributed by atoms with Gasteiger partial charge in [-0.05, 0) is 133 Å². The lowest BCUT2D eigenvalue weighted by atomic mass is 9.82. The number of unbranched alkanes of at least 4 members (excludes halogenated alkanes) is 1. The number of hydrogen-bond donors (Lipinski definition) is 4. The van der Waals surface area contributed by atoms with Crippen molar-refractivity contribution in [2.24, 2.45) is 5.92 Å². The van der Waals surface area contributed by atoms with Gasteiger partial charge in [-0.25, -0.2) is 4.79 Å². The molecule has 10 nitrogen and oxygen atoms in total. The molecule has 0 saturated carbocycles. The van der Waals surface area contributed by atoms with Crippen LogP contribution in [0.2, 0.25) is 18.1 Å². The molecule has 0 aliphatic carbocycles. The normalized spacial score (nSPS) is 18.5. The highest BCUT2D eigenvalue weighted by Crippen LogP contribution is 2.42. The second-order valence-electron chi connectivity index (χ2n) is 18.7. The average molecular weight is 840 g/mol. The Morgan fingerprint density at radius 2 is 1.72 bits per heavy atom. The summed E-state index contributed by atoms with van der Waals surface area (Å²) in [6.45, 7) is 16.2. The van der Waals surface area contributed by atoms with Crippen LogP contribution in [0, 0.1) is 5.92 Å². The van der Waals surface area contributed by atoms with Crippen molar-refractivity contribution in [3.63, 3.8) is 0 Å². The second kappa shape index (κ2) is 17.6. The minimum Gasteiger partial charge on any atom is -0.506 e. The van der Waals surface area contributed by atoms with E-state index in [9.17, 15) is 19.8 Å². The van der Waals surface area contributed by atoms with E-state index in [-0.39, 0.29) is 28.5 Å². The van der Waals surface area contributed by atoms with Gasteiger partial charge in [-0.3, -0.25) is 9.69 Å². The molecule has 11 heteroatoms. The number of phenolic OH excluding ortho intramolecular Hbond substituents is 1. The van der Waals surface area contributed by atoms with E-state index < -0.39 is 14.4 Å². The largest absolute Gasteiger partial charge is 0.506 e. The van der Waals surface area contributed by atoms with E-state index in [2.05, 4.69) is 114 Å². The molecule has 3 saturated heterocycles. The zero-order chi connectivity index (χ0) is 42.9. The number of phenols is 1. The quantitative estimate of drug-likeness (QED) is 0.0600. The number of carbonyl (C=O) groups is 1. The molecule has 2 aromatic heterocycles. The van der Waals surface area contributed by atoms with Gasteiger partial charge in [0.15, 0.2) is 8.32 Å². The SMILES string of the molecule is CC(C)(C)[Si](C)(C)O[C@@H](CNCc1ccc2c(ccn2CCCCc2ccc(-c3ccccc3)c(N(C(=O)O)[C@H]3CN4CCC3CC4)c2)c1)c1ccc(O)c2[nH]c(=O)ccc12. The number of aromatic nitrogens is 2. The van der Waals surface area contributed by atoms with E-state index in [1.807, 2.05) is 24.3 Å². The smallest absolute Gasteiger partial charge is 0.412 e. The molecule has 0 radical (unpaired) electrons. The van der Waals surface area contributed by atoms with E-state index in [1.165, 1.54) is 28.1 Å². The van der Waals surface area contributed by atoms with E-state index in [1.54, 1.807) is 17.0 Å². The maximum absolute atomic E-state index is 13.0. The van der Waals surface area contributed by atoms with Gasteiger partial charge in [0.2, 0.25) is 5.56 Å². The van der Waals surface area contributed by atoms with Crippen LogP contribution in [0.3, 0.4) is 0 Å². The van der Waals surface area contributed by atoms with Crippen LogP contribution < -0.4 is 15.8 Å². The average Bonchev–Trinajstić information content (AvgIpc) is 3.65. The number of rotatable bonds is 15. The first-order valence-corrected chi connectivity index (χ1v) is 24.9. The van der Waals surface area contributed by atoms with Gasteiger partial charge in [-0.2, -0.15) is 0 Å². The van der Waals surface area contributed by atoms with Gasteiger partial charge < -0.3 is 34.4 Å². The number of aryl methyl sites for hydroxylation is 2. The van der Waals surface area contributed by atoms with Crippen molar-refractivity contribution in [1.82, 2.24) is 19.8 Å². The van der Waals surface area contributed by atoms with Crippen LogP contribution in [-0.4, -0.2) is 71.3 Å². The van der Waals surface area contributed by atoms with E-state index in [0.717, 1.165) is 86.0 Å². The van der Waals surface area contributed by atoms with E-state index in [0.29, 0.717) is 24.5 Å². The summed E-state index contributed by atoms with van der Waals surface area (Å²) < 4.78 is 9.34. The summed E-state index contributed by atoms with van der Waals surface area (Å²) in [5.41, 5.74) is 7.48. The Labute approximate surface area is 360 Å². The van der Waals surface area contributed by atoms with Crippen molar-refractivity contribution in [1.29, 1.82) is 0 Å². The Balaban J connectivity index is 0.924. The zero-order valence-corrected chi connectivity index (χ0v) is 37.3. The second-order valence-corrected chi connectivity index (χ2v) is 23.5. The molecule has 9 rings (SSSR count). The molecule has 1 amide bonds. The number of nitrogens with zero attached hydrogens (tertiary/aromatic N) is 3. The van der Waals surface area contributed by atoms with Gasteiger partial charge >= 0.3 is 6.09 Å². The van der Waals surface area contributed by atoms with Crippen LogP contribution >= 0.6 is 0 Å². The van der Waals surface area contributed by atoms with Crippen LogP contribution in [0.15, 0.2) is 108 Å². The van der Waals surface area contributed by atoms with Gasteiger partial charge in [-0.15, -0.1) is 0 Å². The molecular weight excluding hydrogens is 779 g/mol. The minimum absolute atomic E-state index is 0.00129. The number of pyridine rings is 1. The fourth-order valence-corrected chi connectivity index (χ4v) is 10.5. The Kier molecular flexibility index (Phi) is 12.3. The molecule has 2 bridgehead atoms. The number of aromatic amines is 1. The molecule has 61 heavy (non-hydrogen) atoms. The standard InChI is InChI=1S/C50H61N5O5Si/c1-50(2,3)61(4,5)60-46(40-17-20-45(56)48-41(40)18-21-47(57)52-48)32-51-31-35-15-19-42-38(29-35)24-28-54(42)25-10-9-11-34-14-16-39(36-12-7-6-8-13-36)43(30-34)55(49(58)59)44-33-53-26-22-37(44)23-27-53/h6-8,12-21,24,28-30,37,44,46,51,56H,9-11,22-23,25-27,31-33H2,1-5H3,(H,52,57)(H,58,59)/t44-,46-/m0/s1. The highest BCUT2D eigenvalue weighted by atomic mass is 28.4. The molecule has 3 aliphatic rings. The lowest BCUT2D eigenvalue weighted by Gasteiger charge is -2.48. The molecule has 4 N–H and O–H groups in total. The molecule has 4 aromatic carbocycles. The topological polar surface area (TPSA) is 123 Å².